The molecule has 1 aromatic rings. The highest BCUT2D eigenvalue weighted by Gasteiger charge is 2.32. The zero-order chi connectivity index (χ0) is 20.6. The van der Waals surface area contributed by atoms with Crippen molar-refractivity contribution in [2.45, 2.75) is 63.2 Å². The minimum Gasteiger partial charge on any atom is -0.394 e. The van der Waals surface area contributed by atoms with E-state index in [9.17, 15) is 19.1 Å². The van der Waals surface area contributed by atoms with Crippen molar-refractivity contribution in [1.82, 2.24) is 10.6 Å². The van der Waals surface area contributed by atoms with E-state index in [1.807, 2.05) is 0 Å². The van der Waals surface area contributed by atoms with Crippen LogP contribution < -0.4 is 16.0 Å². The lowest BCUT2D eigenvalue weighted by Gasteiger charge is -2.36. The van der Waals surface area contributed by atoms with Crippen LogP contribution in [-0.4, -0.2) is 48.4 Å². The zero-order valence-electron chi connectivity index (χ0n) is 16.5. The fraction of sp³-hybridized carbons (Fsp3) is 0.619. The fourth-order valence-electron chi connectivity index (χ4n) is 4.09. The molecule has 8 heteroatoms. The molecule has 1 aliphatic heterocycles. The number of amides is 3. The summed E-state index contributed by atoms with van der Waals surface area (Å²) < 4.78 is 19.6. The Hall–Kier alpha value is -2.19. The van der Waals surface area contributed by atoms with Gasteiger partial charge in [-0.05, 0) is 44.2 Å². The lowest BCUT2D eigenvalue weighted by Crippen LogP contribution is -2.52. The molecular weight excluding hydrogens is 377 g/mol. The van der Waals surface area contributed by atoms with Gasteiger partial charge in [0.2, 0.25) is 5.91 Å². The van der Waals surface area contributed by atoms with Crippen LogP contribution in [0.5, 0.6) is 0 Å². The summed E-state index contributed by atoms with van der Waals surface area (Å²) in [5, 5.41) is 17.9. The van der Waals surface area contributed by atoms with Gasteiger partial charge in [0.15, 0.2) is 0 Å². The van der Waals surface area contributed by atoms with E-state index >= 15 is 0 Å². The van der Waals surface area contributed by atoms with Gasteiger partial charge in [-0.25, -0.2) is 9.18 Å². The average Bonchev–Trinajstić information content (AvgIpc) is 3.25. The molecule has 29 heavy (non-hydrogen) atoms. The molecule has 0 unspecified atom stereocenters. The summed E-state index contributed by atoms with van der Waals surface area (Å²) in [7, 11) is 0. The number of anilines is 1. The quantitative estimate of drug-likeness (QED) is 0.558. The first kappa shape index (κ1) is 21.5. The van der Waals surface area contributed by atoms with E-state index in [-0.39, 0.29) is 36.3 Å². The number of ether oxygens (including phenoxy) is 1. The van der Waals surface area contributed by atoms with E-state index in [0.29, 0.717) is 25.8 Å². The molecule has 0 aromatic heterocycles. The Morgan fingerprint density at radius 2 is 1.90 bits per heavy atom. The summed E-state index contributed by atoms with van der Waals surface area (Å²) in [6, 6.07) is 5.03. The minimum absolute atomic E-state index is 0.0799. The van der Waals surface area contributed by atoms with Crippen molar-refractivity contribution >= 4 is 17.6 Å². The van der Waals surface area contributed by atoms with Crippen LogP contribution in [0.4, 0.5) is 14.9 Å². The maximum Gasteiger partial charge on any atom is 0.319 e. The van der Waals surface area contributed by atoms with Crippen molar-refractivity contribution in [2.75, 3.05) is 18.5 Å². The maximum atomic E-state index is 13.7. The van der Waals surface area contributed by atoms with E-state index in [4.69, 9.17) is 4.74 Å². The van der Waals surface area contributed by atoms with Crippen LogP contribution in [0.3, 0.4) is 0 Å². The summed E-state index contributed by atoms with van der Waals surface area (Å²) in [5.41, 5.74) is 0.0955. The molecule has 1 saturated heterocycles. The number of urea groups is 1. The van der Waals surface area contributed by atoms with E-state index in [1.54, 1.807) is 12.1 Å². The van der Waals surface area contributed by atoms with Crippen molar-refractivity contribution < 1.29 is 23.8 Å². The minimum atomic E-state index is -0.538. The number of para-hydroxylation sites is 1. The zero-order valence-corrected chi connectivity index (χ0v) is 16.5. The Kier molecular flexibility index (Phi) is 7.83. The van der Waals surface area contributed by atoms with Crippen molar-refractivity contribution in [2.24, 2.45) is 5.92 Å². The summed E-state index contributed by atoms with van der Waals surface area (Å²) in [6.45, 7) is 0.319. The number of carbonyl (C=O) groups excluding carboxylic acids is 2. The highest BCUT2D eigenvalue weighted by molar-refractivity contribution is 5.89. The third-order valence-electron chi connectivity index (χ3n) is 5.73. The Labute approximate surface area is 170 Å². The highest BCUT2D eigenvalue weighted by atomic mass is 19.1. The molecule has 1 saturated carbocycles. The predicted octanol–water partition coefficient (Wildman–Crippen LogP) is 2.55. The predicted molar refractivity (Wildman–Crippen MR) is 107 cm³/mol. The van der Waals surface area contributed by atoms with Crippen molar-refractivity contribution in [3.05, 3.63) is 30.1 Å². The smallest absolute Gasteiger partial charge is 0.319 e. The summed E-state index contributed by atoms with van der Waals surface area (Å²) >= 11 is 0. The molecule has 0 spiro atoms. The number of nitrogens with one attached hydrogen (secondary N) is 3. The maximum absolute atomic E-state index is 13.7. The summed E-state index contributed by atoms with van der Waals surface area (Å²) in [4.78, 5) is 24.3. The number of halogens is 1. The van der Waals surface area contributed by atoms with Gasteiger partial charge in [-0.15, -0.1) is 0 Å². The number of hydrogen-bond donors (Lipinski definition) is 4. The van der Waals surface area contributed by atoms with E-state index in [1.165, 1.54) is 12.1 Å². The third-order valence-corrected chi connectivity index (χ3v) is 5.73. The van der Waals surface area contributed by atoms with Crippen LogP contribution >= 0.6 is 0 Å². The van der Waals surface area contributed by atoms with E-state index in [0.717, 1.165) is 25.7 Å². The van der Waals surface area contributed by atoms with Crippen LogP contribution in [0.15, 0.2) is 24.3 Å². The molecule has 1 aliphatic carbocycles. The van der Waals surface area contributed by atoms with E-state index in [2.05, 4.69) is 16.0 Å². The molecule has 3 atom stereocenters. The molecule has 4 N–H and O–H groups in total. The van der Waals surface area contributed by atoms with Gasteiger partial charge in [0.1, 0.15) is 11.9 Å². The SMILES string of the molecule is O=C(Nc1ccccc1F)N[C@@H]1CC[C@H](CCNC(=O)C2CCCC2)O[C@H]1CO. The highest BCUT2D eigenvalue weighted by Crippen LogP contribution is 2.25. The summed E-state index contributed by atoms with van der Waals surface area (Å²) in [5.74, 6) is -0.239. The first-order valence-electron chi connectivity index (χ1n) is 10.4. The summed E-state index contributed by atoms with van der Waals surface area (Å²) in [6.07, 6.45) is 5.60. The second-order valence-electron chi connectivity index (χ2n) is 7.80. The van der Waals surface area contributed by atoms with Crippen LogP contribution in [0.25, 0.3) is 0 Å². The topological polar surface area (TPSA) is 99.7 Å². The van der Waals surface area contributed by atoms with Gasteiger partial charge in [0.25, 0.3) is 0 Å². The molecule has 160 valence electrons. The van der Waals surface area contributed by atoms with Gasteiger partial charge in [0.05, 0.1) is 24.4 Å². The van der Waals surface area contributed by atoms with Crippen LogP contribution in [0.2, 0.25) is 0 Å². The molecule has 3 rings (SSSR count). The van der Waals surface area contributed by atoms with Gasteiger partial charge in [0, 0.05) is 12.5 Å². The second kappa shape index (κ2) is 10.5. The van der Waals surface area contributed by atoms with Gasteiger partial charge in [-0.1, -0.05) is 25.0 Å². The largest absolute Gasteiger partial charge is 0.394 e. The average molecular weight is 407 g/mol. The van der Waals surface area contributed by atoms with Crippen molar-refractivity contribution in [3.63, 3.8) is 0 Å². The third kappa shape index (κ3) is 6.14. The monoisotopic (exact) mass is 407 g/mol. The van der Waals surface area contributed by atoms with Crippen LogP contribution in [0.1, 0.15) is 44.9 Å². The number of hydrogen-bond acceptors (Lipinski definition) is 4. The molecule has 0 radical (unpaired) electrons. The Morgan fingerprint density at radius 1 is 1.14 bits per heavy atom. The molecule has 3 amide bonds. The van der Waals surface area contributed by atoms with Gasteiger partial charge < -0.3 is 25.8 Å². The van der Waals surface area contributed by atoms with E-state index < -0.39 is 18.0 Å². The molecule has 1 aromatic carbocycles. The fourth-order valence-corrected chi connectivity index (χ4v) is 4.09. The first-order chi connectivity index (χ1) is 14.1. The first-order valence-corrected chi connectivity index (χ1v) is 10.4. The number of aliphatic hydroxyl groups is 1. The lowest BCUT2D eigenvalue weighted by atomic mass is 9.97. The molecule has 2 fully saturated rings. The molecule has 1 heterocycles. The Bertz CT molecular complexity index is 696. The second-order valence-corrected chi connectivity index (χ2v) is 7.80. The number of benzene rings is 1. The Balaban J connectivity index is 1.41. The lowest BCUT2D eigenvalue weighted by molar-refractivity contribution is -0.125. The van der Waals surface area contributed by atoms with Crippen LogP contribution in [0, 0.1) is 11.7 Å². The number of carbonyl (C=O) groups is 2. The van der Waals surface area contributed by atoms with Gasteiger partial charge >= 0.3 is 6.03 Å². The van der Waals surface area contributed by atoms with Crippen molar-refractivity contribution in [1.29, 1.82) is 0 Å². The molecule has 7 nitrogen and oxygen atoms in total. The standard InChI is InChI=1S/C21H30FN3O4/c22-16-7-3-4-8-17(16)24-21(28)25-18-10-9-15(29-19(18)13-26)11-12-23-20(27)14-5-1-2-6-14/h3-4,7-8,14-15,18-19,26H,1-2,5-6,9-13H2,(H,23,27)(H2,24,25,28)/t15-,18-,19+/m1/s1. The molecule has 0 bridgehead atoms. The molecular formula is C21H30FN3O4. The molecule has 2 aliphatic rings. The van der Waals surface area contributed by atoms with Crippen LogP contribution in [-0.2, 0) is 9.53 Å². The van der Waals surface area contributed by atoms with Gasteiger partial charge in [-0.3, -0.25) is 4.79 Å². The van der Waals surface area contributed by atoms with Crippen molar-refractivity contribution in [3.8, 4) is 0 Å². The number of aliphatic hydroxyl groups excluding tert-OH is 1. The van der Waals surface area contributed by atoms with Gasteiger partial charge in [-0.2, -0.15) is 0 Å². The number of rotatable bonds is 7. The normalized spacial score (nSPS) is 24.8. The Morgan fingerprint density at radius 3 is 2.62 bits per heavy atom.